The summed E-state index contributed by atoms with van der Waals surface area (Å²) in [6.45, 7) is 2.63. The van der Waals surface area contributed by atoms with Crippen LogP contribution in [0.5, 0.6) is 5.75 Å². The number of hydrogen-bond donors (Lipinski definition) is 2. The predicted octanol–water partition coefficient (Wildman–Crippen LogP) is 4.93. The molecule has 0 spiro atoms. The molecule has 0 aliphatic heterocycles. The van der Waals surface area contributed by atoms with Gasteiger partial charge in [0.05, 0.1) is 35.7 Å². The number of thioether (sulfide) groups is 1. The van der Waals surface area contributed by atoms with Gasteiger partial charge >= 0.3 is 0 Å². The minimum Gasteiger partial charge on any atom is -0.495 e. The molecule has 8 nitrogen and oxygen atoms in total. The molecule has 0 aliphatic rings. The summed E-state index contributed by atoms with van der Waals surface area (Å²) in [6, 6.07) is 9.62. The third-order valence-corrected chi connectivity index (χ3v) is 6.21. The van der Waals surface area contributed by atoms with Crippen molar-refractivity contribution in [1.82, 2.24) is 20.1 Å². The maximum Gasteiger partial charge on any atom is 0.253 e. The van der Waals surface area contributed by atoms with Crippen LogP contribution in [0.25, 0.3) is 0 Å². The summed E-state index contributed by atoms with van der Waals surface area (Å²) in [4.78, 5) is 24.9. The Morgan fingerprint density at radius 1 is 1.09 bits per heavy atom. The molecule has 2 amide bonds. The Hall–Kier alpha value is -2.46. The van der Waals surface area contributed by atoms with Crippen molar-refractivity contribution in [3.05, 3.63) is 62.9 Å². The number of carbonyl (C=O) groups excluding carboxylic acids is 2. The standard InChI is InChI=1S/C21H20Cl3N5O3S/c1-3-29-18(10-25-20(31)14-6-4-12(22)8-15(14)24)27-28-21(29)33-11-19(30)26-16-9-13(23)5-7-17(16)32-2/h4-9H,3,10-11H2,1-2H3,(H,25,31)(H,26,30). The second kappa shape index (κ2) is 11.6. The van der Waals surface area contributed by atoms with Gasteiger partial charge in [-0.25, -0.2) is 0 Å². The fraction of sp³-hybridized carbons (Fsp3) is 0.238. The highest BCUT2D eigenvalue weighted by Crippen LogP contribution is 2.28. The first-order chi connectivity index (χ1) is 15.8. The van der Waals surface area contributed by atoms with Crippen LogP contribution in [0, 0.1) is 0 Å². The van der Waals surface area contributed by atoms with Crippen molar-refractivity contribution in [2.75, 3.05) is 18.2 Å². The lowest BCUT2D eigenvalue weighted by molar-refractivity contribution is -0.113. The highest BCUT2D eigenvalue weighted by atomic mass is 35.5. The fourth-order valence-electron chi connectivity index (χ4n) is 2.90. The van der Waals surface area contributed by atoms with E-state index in [-0.39, 0.29) is 29.1 Å². The Bertz CT molecular complexity index is 1170. The second-order valence-electron chi connectivity index (χ2n) is 6.63. The Balaban J connectivity index is 1.60. The molecule has 12 heteroatoms. The fourth-order valence-corrected chi connectivity index (χ4v) is 4.38. The lowest BCUT2D eigenvalue weighted by Gasteiger charge is -2.11. The van der Waals surface area contributed by atoms with Crippen LogP contribution in [-0.2, 0) is 17.9 Å². The molecule has 0 saturated carbocycles. The van der Waals surface area contributed by atoms with E-state index in [1.54, 1.807) is 30.3 Å². The van der Waals surface area contributed by atoms with E-state index in [1.165, 1.54) is 24.9 Å². The topological polar surface area (TPSA) is 98.1 Å². The molecule has 0 bridgehead atoms. The molecule has 33 heavy (non-hydrogen) atoms. The van der Waals surface area contributed by atoms with Gasteiger partial charge in [0.25, 0.3) is 5.91 Å². The summed E-state index contributed by atoms with van der Waals surface area (Å²) in [5.41, 5.74) is 0.795. The van der Waals surface area contributed by atoms with Crippen LogP contribution in [-0.4, -0.2) is 39.4 Å². The van der Waals surface area contributed by atoms with E-state index in [0.29, 0.717) is 44.6 Å². The summed E-state index contributed by atoms with van der Waals surface area (Å²) < 4.78 is 7.06. The Kier molecular flexibility index (Phi) is 8.85. The van der Waals surface area contributed by atoms with Crippen molar-refractivity contribution in [3.8, 4) is 5.75 Å². The number of hydrogen-bond acceptors (Lipinski definition) is 6. The van der Waals surface area contributed by atoms with Crippen LogP contribution in [0.4, 0.5) is 5.69 Å². The molecule has 1 aromatic heterocycles. The van der Waals surface area contributed by atoms with E-state index in [2.05, 4.69) is 20.8 Å². The van der Waals surface area contributed by atoms with Gasteiger partial charge in [0, 0.05) is 16.6 Å². The van der Waals surface area contributed by atoms with Gasteiger partial charge in [-0.3, -0.25) is 9.59 Å². The number of halogens is 3. The van der Waals surface area contributed by atoms with E-state index < -0.39 is 0 Å². The molecule has 3 aromatic rings. The number of ether oxygens (including phenoxy) is 1. The van der Waals surface area contributed by atoms with Crippen LogP contribution >= 0.6 is 46.6 Å². The second-order valence-corrected chi connectivity index (χ2v) is 8.85. The summed E-state index contributed by atoms with van der Waals surface area (Å²) in [5, 5.41) is 15.6. The van der Waals surface area contributed by atoms with Gasteiger partial charge in [0.2, 0.25) is 5.91 Å². The normalized spacial score (nSPS) is 10.7. The average Bonchev–Trinajstić information content (AvgIpc) is 3.18. The molecule has 0 fully saturated rings. The maximum absolute atomic E-state index is 12.4. The summed E-state index contributed by atoms with van der Waals surface area (Å²) in [5.74, 6) is 0.550. The van der Waals surface area contributed by atoms with Crippen molar-refractivity contribution in [2.24, 2.45) is 0 Å². The van der Waals surface area contributed by atoms with Gasteiger partial charge in [-0.15, -0.1) is 10.2 Å². The number of methoxy groups -OCH3 is 1. The number of benzene rings is 2. The smallest absolute Gasteiger partial charge is 0.253 e. The summed E-state index contributed by atoms with van der Waals surface area (Å²) in [6.07, 6.45) is 0. The van der Waals surface area contributed by atoms with Crippen LogP contribution < -0.4 is 15.4 Å². The molecule has 0 atom stereocenters. The lowest BCUT2D eigenvalue weighted by atomic mass is 10.2. The van der Waals surface area contributed by atoms with E-state index >= 15 is 0 Å². The molecule has 1 heterocycles. The number of amides is 2. The zero-order chi connectivity index (χ0) is 24.0. The summed E-state index contributed by atoms with van der Waals surface area (Å²) >= 11 is 19.2. The number of rotatable bonds is 9. The number of anilines is 1. The average molecular weight is 529 g/mol. The number of nitrogens with zero attached hydrogens (tertiary/aromatic N) is 3. The molecule has 174 valence electrons. The minimum atomic E-state index is -0.355. The van der Waals surface area contributed by atoms with Crippen molar-refractivity contribution in [2.45, 2.75) is 25.2 Å². The largest absolute Gasteiger partial charge is 0.495 e. The van der Waals surface area contributed by atoms with Gasteiger partial charge in [-0.05, 0) is 43.3 Å². The van der Waals surface area contributed by atoms with Crippen LogP contribution in [0.1, 0.15) is 23.1 Å². The van der Waals surface area contributed by atoms with E-state index in [9.17, 15) is 9.59 Å². The van der Waals surface area contributed by atoms with Crippen LogP contribution in [0.2, 0.25) is 15.1 Å². The van der Waals surface area contributed by atoms with E-state index in [4.69, 9.17) is 39.5 Å². The SMILES string of the molecule is CCn1c(CNC(=O)c2ccc(Cl)cc2Cl)nnc1SCC(=O)Nc1cc(Cl)ccc1OC. The number of aromatic nitrogens is 3. The van der Waals surface area contributed by atoms with Gasteiger partial charge < -0.3 is 19.9 Å². The van der Waals surface area contributed by atoms with Crippen LogP contribution in [0.3, 0.4) is 0 Å². The number of carbonyl (C=O) groups is 2. The van der Waals surface area contributed by atoms with Crippen molar-refractivity contribution in [1.29, 1.82) is 0 Å². The summed E-state index contributed by atoms with van der Waals surface area (Å²) in [7, 11) is 1.51. The zero-order valence-corrected chi connectivity index (χ0v) is 20.8. The van der Waals surface area contributed by atoms with E-state index in [0.717, 1.165) is 0 Å². The number of nitrogens with one attached hydrogen (secondary N) is 2. The van der Waals surface area contributed by atoms with Gasteiger partial charge in [0.15, 0.2) is 11.0 Å². The van der Waals surface area contributed by atoms with Crippen LogP contribution in [0.15, 0.2) is 41.6 Å². The Morgan fingerprint density at radius 3 is 2.52 bits per heavy atom. The van der Waals surface area contributed by atoms with Crippen molar-refractivity contribution >= 4 is 64.1 Å². The maximum atomic E-state index is 12.4. The predicted molar refractivity (Wildman–Crippen MR) is 131 cm³/mol. The van der Waals surface area contributed by atoms with Gasteiger partial charge in [-0.2, -0.15) is 0 Å². The molecule has 0 unspecified atom stereocenters. The van der Waals surface area contributed by atoms with Crippen molar-refractivity contribution < 1.29 is 14.3 Å². The molecular weight excluding hydrogens is 509 g/mol. The molecule has 3 rings (SSSR count). The third kappa shape index (κ3) is 6.54. The molecule has 2 aromatic carbocycles. The molecule has 2 N–H and O–H groups in total. The lowest BCUT2D eigenvalue weighted by Crippen LogP contribution is -2.25. The third-order valence-electron chi connectivity index (χ3n) is 4.46. The molecular formula is C21H20Cl3N5O3S. The molecule has 0 aliphatic carbocycles. The highest BCUT2D eigenvalue weighted by molar-refractivity contribution is 7.99. The quantitative estimate of drug-likeness (QED) is 0.382. The Labute approximate surface area is 209 Å². The van der Waals surface area contributed by atoms with Gasteiger partial charge in [-0.1, -0.05) is 46.6 Å². The minimum absolute atomic E-state index is 0.0978. The Morgan fingerprint density at radius 2 is 1.82 bits per heavy atom. The first-order valence-electron chi connectivity index (χ1n) is 9.73. The first-order valence-corrected chi connectivity index (χ1v) is 11.9. The first kappa shape index (κ1) is 25.2. The zero-order valence-electron chi connectivity index (χ0n) is 17.7. The van der Waals surface area contributed by atoms with Crippen molar-refractivity contribution in [3.63, 3.8) is 0 Å². The monoisotopic (exact) mass is 527 g/mol. The highest BCUT2D eigenvalue weighted by Gasteiger charge is 2.16. The van der Waals surface area contributed by atoms with E-state index in [1.807, 2.05) is 11.5 Å². The van der Waals surface area contributed by atoms with Gasteiger partial charge in [0.1, 0.15) is 5.75 Å². The molecule has 0 saturated heterocycles. The molecule has 0 radical (unpaired) electrons.